The smallest absolute Gasteiger partial charge is 0.150 e. The number of piperidine rings is 1. The number of aromatic nitrogens is 3. The van der Waals surface area contributed by atoms with E-state index in [1.54, 1.807) is 0 Å². The molecule has 0 aliphatic carbocycles. The summed E-state index contributed by atoms with van der Waals surface area (Å²) in [6.07, 6.45) is 7.22. The number of hydrogen-bond acceptors (Lipinski definition) is 5. The van der Waals surface area contributed by atoms with Crippen LogP contribution in [0.5, 0.6) is 0 Å². The van der Waals surface area contributed by atoms with Crippen LogP contribution in [0.4, 0.5) is 0 Å². The number of ether oxygens (including phenoxy) is 1. The Bertz CT molecular complexity index is 449. The lowest BCUT2D eigenvalue weighted by atomic mass is 10.0. The summed E-state index contributed by atoms with van der Waals surface area (Å²) in [7, 11) is 0. The summed E-state index contributed by atoms with van der Waals surface area (Å²) >= 11 is 0. The highest BCUT2D eigenvalue weighted by Crippen LogP contribution is 2.31. The Morgan fingerprint density at radius 3 is 2.90 bits per heavy atom. The highest BCUT2D eigenvalue weighted by atomic mass is 16.5. The molecule has 0 saturated carbocycles. The summed E-state index contributed by atoms with van der Waals surface area (Å²) in [5, 5.41) is 17.7. The Labute approximate surface area is 126 Å². The van der Waals surface area contributed by atoms with Crippen molar-refractivity contribution in [1.29, 1.82) is 0 Å². The molecule has 1 atom stereocenters. The lowest BCUT2D eigenvalue weighted by Crippen LogP contribution is -2.37. The van der Waals surface area contributed by atoms with Gasteiger partial charge in [0, 0.05) is 19.5 Å². The van der Waals surface area contributed by atoms with Crippen molar-refractivity contribution in [2.75, 3.05) is 32.9 Å². The maximum absolute atomic E-state index is 8.78. The number of hydrogen-bond donors (Lipinski definition) is 1. The van der Waals surface area contributed by atoms with Gasteiger partial charge in [0.1, 0.15) is 11.6 Å². The van der Waals surface area contributed by atoms with Crippen LogP contribution in [0.3, 0.4) is 0 Å². The normalized spacial score (nSPS) is 23.2. The minimum Gasteiger partial charge on any atom is -0.394 e. The fourth-order valence-electron chi connectivity index (χ4n) is 3.48. The molecule has 6 heteroatoms. The first-order valence-corrected chi connectivity index (χ1v) is 8.25. The second-order valence-electron chi connectivity index (χ2n) is 5.97. The minimum absolute atomic E-state index is 0.0983. The van der Waals surface area contributed by atoms with Crippen molar-refractivity contribution in [2.45, 2.75) is 51.1 Å². The zero-order chi connectivity index (χ0) is 14.5. The molecule has 21 heavy (non-hydrogen) atoms. The fourth-order valence-corrected chi connectivity index (χ4v) is 3.48. The third-order valence-electron chi connectivity index (χ3n) is 4.56. The molecule has 0 aromatic carbocycles. The molecule has 0 bridgehead atoms. The zero-order valence-electron chi connectivity index (χ0n) is 12.7. The summed E-state index contributed by atoms with van der Waals surface area (Å²) in [6, 6.07) is 0.385. The van der Waals surface area contributed by atoms with Crippen molar-refractivity contribution < 1.29 is 9.84 Å². The number of aryl methyl sites for hydroxylation is 1. The summed E-state index contributed by atoms with van der Waals surface area (Å²) in [4.78, 5) is 2.48. The number of aliphatic hydroxyl groups excluding tert-OH is 1. The van der Waals surface area contributed by atoms with Gasteiger partial charge in [0.05, 0.1) is 25.9 Å². The lowest BCUT2D eigenvalue weighted by Gasteiger charge is -2.35. The fraction of sp³-hybridized carbons (Fsp3) is 0.867. The van der Waals surface area contributed by atoms with Crippen LogP contribution in [0.1, 0.15) is 49.8 Å². The average molecular weight is 294 g/mol. The van der Waals surface area contributed by atoms with Crippen LogP contribution < -0.4 is 0 Å². The molecule has 3 heterocycles. The number of likely N-dealkylation sites (tertiary alicyclic amines) is 1. The monoisotopic (exact) mass is 294 g/mol. The van der Waals surface area contributed by atoms with Crippen molar-refractivity contribution in [3.63, 3.8) is 0 Å². The Hall–Kier alpha value is -0.980. The molecule has 1 unspecified atom stereocenters. The standard InChI is InChI=1S/C15H26N4O2/c20-10-12-21-11-9-18-7-3-1-5-13(18)15-17-16-14-6-2-4-8-19(14)15/h13,20H,1-12H2. The second kappa shape index (κ2) is 7.33. The number of rotatable bonds is 6. The van der Waals surface area contributed by atoms with Crippen molar-refractivity contribution in [1.82, 2.24) is 19.7 Å². The first-order valence-electron chi connectivity index (χ1n) is 8.25. The summed E-state index contributed by atoms with van der Waals surface area (Å²) in [6.45, 7) is 4.29. The second-order valence-corrected chi connectivity index (χ2v) is 5.97. The van der Waals surface area contributed by atoms with E-state index >= 15 is 0 Å². The molecular weight excluding hydrogens is 268 g/mol. The molecule has 118 valence electrons. The number of aliphatic hydroxyl groups is 1. The van der Waals surface area contributed by atoms with Crippen LogP contribution in [0, 0.1) is 0 Å². The maximum atomic E-state index is 8.78. The molecule has 0 amide bonds. The van der Waals surface area contributed by atoms with E-state index < -0.39 is 0 Å². The van der Waals surface area contributed by atoms with Gasteiger partial charge >= 0.3 is 0 Å². The molecule has 1 N–H and O–H groups in total. The maximum Gasteiger partial charge on any atom is 0.150 e. The van der Waals surface area contributed by atoms with Crippen LogP contribution in [-0.4, -0.2) is 57.7 Å². The highest BCUT2D eigenvalue weighted by Gasteiger charge is 2.29. The van der Waals surface area contributed by atoms with Crippen molar-refractivity contribution in [3.8, 4) is 0 Å². The van der Waals surface area contributed by atoms with E-state index in [0.29, 0.717) is 19.3 Å². The predicted octanol–water partition coefficient (Wildman–Crippen LogP) is 1.15. The van der Waals surface area contributed by atoms with E-state index in [0.717, 1.165) is 38.3 Å². The summed E-state index contributed by atoms with van der Waals surface area (Å²) < 4.78 is 7.78. The molecular formula is C15H26N4O2. The molecule has 1 saturated heterocycles. The van der Waals surface area contributed by atoms with E-state index in [4.69, 9.17) is 9.84 Å². The molecule has 1 aromatic heterocycles. The van der Waals surface area contributed by atoms with Gasteiger partial charge in [-0.3, -0.25) is 4.90 Å². The van der Waals surface area contributed by atoms with Gasteiger partial charge < -0.3 is 14.4 Å². The summed E-state index contributed by atoms with van der Waals surface area (Å²) in [5.41, 5.74) is 0. The van der Waals surface area contributed by atoms with Crippen molar-refractivity contribution in [3.05, 3.63) is 11.6 Å². The van der Waals surface area contributed by atoms with Gasteiger partial charge in [0.2, 0.25) is 0 Å². The topological polar surface area (TPSA) is 63.4 Å². The average Bonchev–Trinajstić information content (AvgIpc) is 2.96. The Kier molecular flexibility index (Phi) is 5.22. The first kappa shape index (κ1) is 14.9. The van der Waals surface area contributed by atoms with Gasteiger partial charge in [-0.1, -0.05) is 6.42 Å². The number of fused-ring (bicyclic) bond motifs is 1. The molecule has 1 fully saturated rings. The van der Waals surface area contributed by atoms with Gasteiger partial charge in [0.25, 0.3) is 0 Å². The highest BCUT2D eigenvalue weighted by molar-refractivity contribution is 5.05. The third-order valence-corrected chi connectivity index (χ3v) is 4.56. The molecule has 2 aliphatic heterocycles. The Morgan fingerprint density at radius 1 is 1.10 bits per heavy atom. The van der Waals surface area contributed by atoms with Gasteiger partial charge in [-0.15, -0.1) is 10.2 Å². The van der Waals surface area contributed by atoms with Crippen LogP contribution in [0.15, 0.2) is 0 Å². The summed E-state index contributed by atoms with van der Waals surface area (Å²) in [5.74, 6) is 2.32. The molecule has 3 rings (SSSR count). The van der Waals surface area contributed by atoms with Crippen molar-refractivity contribution in [2.24, 2.45) is 0 Å². The largest absolute Gasteiger partial charge is 0.394 e. The lowest BCUT2D eigenvalue weighted by molar-refractivity contribution is 0.0505. The van der Waals surface area contributed by atoms with Crippen LogP contribution in [0.2, 0.25) is 0 Å². The van der Waals surface area contributed by atoms with Gasteiger partial charge in [-0.05, 0) is 32.2 Å². The van der Waals surface area contributed by atoms with E-state index in [1.807, 2.05) is 0 Å². The number of nitrogens with zero attached hydrogens (tertiary/aromatic N) is 4. The van der Waals surface area contributed by atoms with Gasteiger partial charge in [-0.2, -0.15) is 0 Å². The van der Waals surface area contributed by atoms with Crippen LogP contribution in [0.25, 0.3) is 0 Å². The van der Waals surface area contributed by atoms with Crippen LogP contribution >= 0.6 is 0 Å². The Morgan fingerprint density at radius 2 is 2.00 bits per heavy atom. The first-order chi connectivity index (χ1) is 10.4. The SMILES string of the molecule is OCCOCCN1CCCCC1c1nnc2n1CCCC2. The van der Waals surface area contributed by atoms with E-state index in [-0.39, 0.29) is 6.61 Å². The van der Waals surface area contributed by atoms with E-state index in [2.05, 4.69) is 19.7 Å². The van der Waals surface area contributed by atoms with Crippen LogP contribution in [-0.2, 0) is 17.7 Å². The molecule has 0 spiro atoms. The van der Waals surface area contributed by atoms with Gasteiger partial charge in [0.15, 0.2) is 0 Å². The van der Waals surface area contributed by atoms with E-state index in [1.165, 1.54) is 31.5 Å². The molecule has 2 aliphatic rings. The molecule has 6 nitrogen and oxygen atoms in total. The predicted molar refractivity (Wildman–Crippen MR) is 79.0 cm³/mol. The van der Waals surface area contributed by atoms with Gasteiger partial charge in [-0.25, -0.2) is 0 Å². The quantitative estimate of drug-likeness (QED) is 0.797. The zero-order valence-corrected chi connectivity index (χ0v) is 12.7. The molecule has 1 aromatic rings. The molecule has 0 radical (unpaired) electrons. The third kappa shape index (κ3) is 3.44. The Balaban J connectivity index is 1.67. The van der Waals surface area contributed by atoms with Crippen molar-refractivity contribution >= 4 is 0 Å². The minimum atomic E-state index is 0.0983. The van der Waals surface area contributed by atoms with E-state index in [9.17, 15) is 0 Å².